The van der Waals surface area contributed by atoms with Gasteiger partial charge in [0, 0.05) is 31.4 Å². The summed E-state index contributed by atoms with van der Waals surface area (Å²) in [5.41, 5.74) is 5.09. The highest BCUT2D eigenvalue weighted by atomic mass is 16.6. The molecule has 7 heteroatoms. The molecule has 1 fully saturated rings. The largest absolute Gasteiger partial charge is 0.445 e. The van der Waals surface area contributed by atoms with Crippen molar-refractivity contribution in [3.05, 3.63) is 126 Å². The molecule has 0 aliphatic carbocycles. The Balaban J connectivity index is 1.18. The monoisotopic (exact) mass is 604 g/mol. The quantitative estimate of drug-likeness (QED) is 0.155. The second kappa shape index (κ2) is 17.0. The zero-order valence-electron chi connectivity index (χ0n) is 25.9. The summed E-state index contributed by atoms with van der Waals surface area (Å²) < 4.78 is 5.71. The summed E-state index contributed by atoms with van der Waals surface area (Å²) in [5.74, 6) is 0. The van der Waals surface area contributed by atoms with Gasteiger partial charge in [-0.1, -0.05) is 103 Å². The Kier molecular flexibility index (Phi) is 12.0. The van der Waals surface area contributed by atoms with Gasteiger partial charge in [-0.15, -0.1) is 0 Å². The number of amides is 3. The maximum Gasteiger partial charge on any atom is 0.410 e. The van der Waals surface area contributed by atoms with E-state index < -0.39 is 0 Å². The minimum Gasteiger partial charge on any atom is -0.445 e. The predicted molar refractivity (Wildman–Crippen MR) is 181 cm³/mol. The van der Waals surface area contributed by atoms with Crippen molar-refractivity contribution in [1.82, 2.24) is 15.1 Å². The van der Waals surface area contributed by atoms with Crippen LogP contribution in [0.15, 0.2) is 115 Å². The average Bonchev–Trinajstić information content (AvgIpc) is 3.60. The van der Waals surface area contributed by atoms with Gasteiger partial charge in [-0.05, 0) is 79.6 Å². The van der Waals surface area contributed by atoms with Crippen molar-refractivity contribution in [2.75, 3.05) is 38.0 Å². The average molecular weight is 605 g/mol. The summed E-state index contributed by atoms with van der Waals surface area (Å²) in [5, 5.41) is 6.19. The molecule has 1 atom stereocenters. The number of hydrogen-bond donors (Lipinski definition) is 2. The lowest BCUT2D eigenvalue weighted by atomic mass is 10.0. The third-order valence-corrected chi connectivity index (χ3v) is 8.24. The van der Waals surface area contributed by atoms with Crippen LogP contribution in [0.2, 0.25) is 0 Å². The molecule has 4 aromatic carbocycles. The first-order chi connectivity index (χ1) is 22.1. The molecule has 7 nitrogen and oxygen atoms in total. The van der Waals surface area contributed by atoms with Gasteiger partial charge in [-0.25, -0.2) is 9.59 Å². The number of nitrogens with one attached hydrogen (secondary N) is 2. The molecule has 4 aromatic rings. The molecule has 0 radical (unpaired) electrons. The number of likely N-dealkylation sites (tertiary alicyclic amines) is 1. The van der Waals surface area contributed by atoms with Crippen LogP contribution in [0.4, 0.5) is 15.3 Å². The van der Waals surface area contributed by atoms with E-state index in [9.17, 15) is 9.59 Å². The van der Waals surface area contributed by atoms with Crippen molar-refractivity contribution in [2.24, 2.45) is 0 Å². The Bertz CT molecular complexity index is 1440. The van der Waals surface area contributed by atoms with Gasteiger partial charge < -0.3 is 25.2 Å². The van der Waals surface area contributed by atoms with E-state index in [0.717, 1.165) is 60.4 Å². The number of urea groups is 1. The third-order valence-electron chi connectivity index (χ3n) is 8.24. The lowest BCUT2D eigenvalue weighted by Crippen LogP contribution is -2.41. The zero-order valence-corrected chi connectivity index (χ0v) is 25.9. The van der Waals surface area contributed by atoms with E-state index in [2.05, 4.69) is 39.8 Å². The molecule has 0 spiro atoms. The van der Waals surface area contributed by atoms with Crippen molar-refractivity contribution in [1.29, 1.82) is 0 Å². The summed E-state index contributed by atoms with van der Waals surface area (Å²) in [4.78, 5) is 30.6. The number of benzene rings is 4. The Hall–Kier alpha value is -4.62. The number of anilines is 1. The second-order valence-electron chi connectivity index (χ2n) is 11.6. The number of carbonyl (C=O) groups excluding carboxylic acids is 2. The van der Waals surface area contributed by atoms with Gasteiger partial charge >= 0.3 is 12.1 Å². The Labute approximate surface area is 267 Å². The summed E-state index contributed by atoms with van der Waals surface area (Å²) in [6.07, 6.45) is 4.30. The van der Waals surface area contributed by atoms with Crippen molar-refractivity contribution in [3.63, 3.8) is 0 Å². The fourth-order valence-electron chi connectivity index (χ4n) is 5.75. The van der Waals surface area contributed by atoms with E-state index in [-0.39, 0.29) is 24.8 Å². The van der Waals surface area contributed by atoms with Crippen molar-refractivity contribution in [3.8, 4) is 11.1 Å². The molecule has 45 heavy (non-hydrogen) atoms. The molecule has 2 N–H and O–H groups in total. The molecule has 0 saturated carbocycles. The highest BCUT2D eigenvalue weighted by Crippen LogP contribution is 2.21. The van der Waals surface area contributed by atoms with E-state index in [1.165, 1.54) is 12.8 Å². The van der Waals surface area contributed by atoms with E-state index in [1.54, 1.807) is 0 Å². The maximum atomic E-state index is 13.2. The van der Waals surface area contributed by atoms with Crippen LogP contribution in [-0.2, 0) is 17.8 Å². The van der Waals surface area contributed by atoms with Gasteiger partial charge in [0.15, 0.2) is 0 Å². The van der Waals surface area contributed by atoms with E-state index in [4.69, 9.17) is 4.74 Å². The van der Waals surface area contributed by atoms with Crippen LogP contribution in [0.3, 0.4) is 0 Å². The van der Waals surface area contributed by atoms with Gasteiger partial charge in [0.05, 0.1) is 0 Å². The minimum atomic E-state index is -0.290. The van der Waals surface area contributed by atoms with Crippen LogP contribution in [0.25, 0.3) is 11.1 Å². The molecular formula is C38H44N4O3. The number of nitrogens with zero attached hydrogens (tertiary/aromatic N) is 2. The van der Waals surface area contributed by atoms with Gasteiger partial charge in [0.2, 0.25) is 0 Å². The molecule has 5 rings (SSSR count). The van der Waals surface area contributed by atoms with Gasteiger partial charge in [0.25, 0.3) is 0 Å². The molecule has 1 unspecified atom stereocenters. The van der Waals surface area contributed by atoms with Gasteiger partial charge in [-0.2, -0.15) is 0 Å². The Morgan fingerprint density at radius 1 is 0.733 bits per heavy atom. The topological polar surface area (TPSA) is 73.9 Å². The molecular weight excluding hydrogens is 560 g/mol. The fourth-order valence-corrected chi connectivity index (χ4v) is 5.75. The highest BCUT2D eigenvalue weighted by molar-refractivity contribution is 5.89. The lowest BCUT2D eigenvalue weighted by Gasteiger charge is -2.26. The van der Waals surface area contributed by atoms with Crippen molar-refractivity contribution < 1.29 is 14.3 Å². The summed E-state index contributed by atoms with van der Waals surface area (Å²) in [6, 6.07) is 37.7. The SMILES string of the molecule is O=C(Nc1ccc(-c2ccccc2)cc1)NC(CCCN(CCN1CCCC1)C(=O)OCc1ccccc1)Cc1ccccc1. The van der Waals surface area contributed by atoms with Crippen LogP contribution in [0.1, 0.15) is 36.8 Å². The number of hydrogen-bond acceptors (Lipinski definition) is 4. The molecule has 0 aromatic heterocycles. The zero-order chi connectivity index (χ0) is 31.1. The lowest BCUT2D eigenvalue weighted by molar-refractivity contribution is 0.0915. The standard InChI is InChI=1S/C38H44N4O3/c43-37(39-35-22-20-34(21-23-35)33-17-8-3-9-18-33)40-36(29-31-13-4-1-5-14-31)19-12-26-42(28-27-41-24-10-11-25-41)38(44)45-30-32-15-6-2-7-16-32/h1-9,13-18,20-23,36H,10-12,19,24-30H2,(H2,39,40,43). The molecule has 1 aliphatic heterocycles. The highest BCUT2D eigenvalue weighted by Gasteiger charge is 2.20. The summed E-state index contributed by atoms with van der Waals surface area (Å²) in [6.45, 7) is 4.46. The molecule has 0 bridgehead atoms. The molecule has 3 amide bonds. The first-order valence-electron chi connectivity index (χ1n) is 16.1. The maximum absolute atomic E-state index is 13.2. The van der Waals surface area contributed by atoms with Gasteiger partial charge in [-0.3, -0.25) is 0 Å². The third kappa shape index (κ3) is 10.5. The molecule has 1 aliphatic rings. The fraction of sp³-hybridized carbons (Fsp3) is 0.316. The van der Waals surface area contributed by atoms with Crippen LogP contribution >= 0.6 is 0 Å². The van der Waals surface area contributed by atoms with Gasteiger partial charge in [0.1, 0.15) is 6.61 Å². The first-order valence-corrected chi connectivity index (χ1v) is 16.1. The molecule has 1 saturated heterocycles. The van der Waals surface area contributed by atoms with E-state index in [1.807, 2.05) is 95.9 Å². The second-order valence-corrected chi connectivity index (χ2v) is 11.6. The molecule has 234 valence electrons. The van der Waals surface area contributed by atoms with Crippen molar-refractivity contribution in [2.45, 2.75) is 44.8 Å². The smallest absolute Gasteiger partial charge is 0.410 e. The van der Waals surface area contributed by atoms with Crippen LogP contribution in [0, 0.1) is 0 Å². The van der Waals surface area contributed by atoms with Crippen LogP contribution in [-0.4, -0.2) is 60.7 Å². The van der Waals surface area contributed by atoms with Crippen molar-refractivity contribution >= 4 is 17.8 Å². The minimum absolute atomic E-state index is 0.100. The normalized spacial score (nSPS) is 13.6. The number of carbonyl (C=O) groups is 2. The summed E-state index contributed by atoms with van der Waals surface area (Å²) in [7, 11) is 0. The number of rotatable bonds is 14. The van der Waals surface area contributed by atoms with E-state index >= 15 is 0 Å². The molecule has 1 heterocycles. The Morgan fingerprint density at radius 2 is 1.33 bits per heavy atom. The summed E-state index contributed by atoms with van der Waals surface area (Å²) >= 11 is 0. The van der Waals surface area contributed by atoms with E-state index in [0.29, 0.717) is 19.5 Å². The Morgan fingerprint density at radius 3 is 2.00 bits per heavy atom. The van der Waals surface area contributed by atoms with Crippen LogP contribution in [0.5, 0.6) is 0 Å². The number of ether oxygens (including phenoxy) is 1. The van der Waals surface area contributed by atoms with Crippen LogP contribution < -0.4 is 10.6 Å². The first kappa shape index (κ1) is 31.8. The predicted octanol–water partition coefficient (Wildman–Crippen LogP) is 7.60.